The molecule has 1 aromatic rings. The summed E-state index contributed by atoms with van der Waals surface area (Å²) < 4.78 is 5.49. The van der Waals surface area contributed by atoms with Gasteiger partial charge in [0.25, 0.3) is 0 Å². The molecule has 1 N–H and O–H groups in total. The molecule has 0 aliphatic heterocycles. The number of methoxy groups -OCH3 is 1. The maximum Gasteiger partial charge on any atom is 0.307 e. The van der Waals surface area contributed by atoms with Gasteiger partial charge in [-0.2, -0.15) is 0 Å². The maximum absolute atomic E-state index is 10.8. The number of rotatable bonds is 4. The minimum Gasteiger partial charge on any atom is -0.481 e. The Kier molecular flexibility index (Phi) is 4.63. The summed E-state index contributed by atoms with van der Waals surface area (Å²) in [4.78, 5) is 19.7. The summed E-state index contributed by atoms with van der Waals surface area (Å²) >= 11 is 0. The van der Waals surface area contributed by atoms with E-state index in [0.29, 0.717) is 22.8 Å². The molecule has 0 saturated heterocycles. The number of carboxylic acid groups (broad SMARTS) is 1. The first-order chi connectivity index (χ1) is 8.66. The van der Waals surface area contributed by atoms with Crippen LogP contribution in [0.1, 0.15) is 49.7 Å². The Morgan fingerprint density at radius 3 is 2.05 bits per heavy atom. The predicted octanol–water partition coefficient (Wildman–Crippen LogP) is 2.45. The van der Waals surface area contributed by atoms with E-state index in [1.165, 1.54) is 0 Å². The van der Waals surface area contributed by atoms with Gasteiger partial charge >= 0.3 is 5.97 Å². The number of hydrogen-bond acceptors (Lipinski definition) is 4. The molecule has 0 radical (unpaired) electrons. The van der Waals surface area contributed by atoms with Gasteiger partial charge in [0.2, 0.25) is 0 Å². The number of ether oxygens (including phenoxy) is 1. The molecule has 0 saturated carbocycles. The second kappa shape index (κ2) is 5.65. The second-order valence-corrected chi connectivity index (χ2v) is 5.78. The van der Waals surface area contributed by atoms with Crippen molar-refractivity contribution in [2.45, 2.75) is 47.1 Å². The summed E-state index contributed by atoms with van der Waals surface area (Å²) in [5.74, 6) is -0.263. The Morgan fingerprint density at radius 1 is 1.26 bits per heavy atom. The van der Waals surface area contributed by atoms with Gasteiger partial charge in [0.15, 0.2) is 5.82 Å². The maximum atomic E-state index is 10.8. The van der Waals surface area contributed by atoms with Crippen LogP contribution in [-0.4, -0.2) is 28.2 Å². The van der Waals surface area contributed by atoms with Gasteiger partial charge in [0.05, 0.1) is 6.42 Å². The highest BCUT2D eigenvalue weighted by atomic mass is 16.5. The molecule has 1 unspecified atom stereocenters. The van der Waals surface area contributed by atoms with Gasteiger partial charge in [0.1, 0.15) is 6.10 Å². The van der Waals surface area contributed by atoms with E-state index in [1.807, 2.05) is 13.8 Å². The van der Waals surface area contributed by atoms with Crippen LogP contribution >= 0.6 is 0 Å². The van der Waals surface area contributed by atoms with E-state index in [4.69, 9.17) is 9.84 Å². The van der Waals surface area contributed by atoms with Gasteiger partial charge in [0, 0.05) is 24.1 Å². The molecule has 1 aromatic heterocycles. The minimum atomic E-state index is -0.873. The standard InChI is InChI=1S/C14H22N2O3/c1-8-10(7-11(17)18)9(2)16-13(15-8)12(19-6)14(3,4)5/h12H,7H2,1-6H3,(H,17,18). The lowest BCUT2D eigenvalue weighted by Crippen LogP contribution is -2.23. The Morgan fingerprint density at radius 2 is 1.74 bits per heavy atom. The summed E-state index contributed by atoms with van der Waals surface area (Å²) in [6, 6.07) is 0. The fraction of sp³-hybridized carbons (Fsp3) is 0.643. The van der Waals surface area contributed by atoms with Crippen LogP contribution in [0.4, 0.5) is 0 Å². The molecule has 106 valence electrons. The van der Waals surface area contributed by atoms with Crippen molar-refractivity contribution < 1.29 is 14.6 Å². The summed E-state index contributed by atoms with van der Waals surface area (Å²) in [5, 5.41) is 8.89. The molecule has 1 rings (SSSR count). The van der Waals surface area contributed by atoms with Crippen LogP contribution in [0.3, 0.4) is 0 Å². The number of hydrogen-bond donors (Lipinski definition) is 1. The first kappa shape index (κ1) is 15.6. The third-order valence-electron chi connectivity index (χ3n) is 3.02. The van der Waals surface area contributed by atoms with Crippen LogP contribution in [0.5, 0.6) is 0 Å². The van der Waals surface area contributed by atoms with E-state index < -0.39 is 5.97 Å². The predicted molar refractivity (Wildman–Crippen MR) is 72.1 cm³/mol. The molecule has 1 atom stereocenters. The van der Waals surface area contributed by atoms with E-state index in [9.17, 15) is 4.79 Å². The number of aliphatic carboxylic acids is 1. The molecule has 0 aromatic carbocycles. The Balaban J connectivity index is 3.23. The molecule has 5 nitrogen and oxygen atoms in total. The zero-order valence-corrected chi connectivity index (χ0v) is 12.4. The van der Waals surface area contributed by atoms with Crippen molar-refractivity contribution in [2.24, 2.45) is 5.41 Å². The lowest BCUT2D eigenvalue weighted by molar-refractivity contribution is -0.136. The first-order valence-electron chi connectivity index (χ1n) is 6.25. The number of carboxylic acids is 1. The SMILES string of the molecule is COC(c1nc(C)c(CC(=O)O)c(C)n1)C(C)(C)C. The average molecular weight is 266 g/mol. The molecule has 19 heavy (non-hydrogen) atoms. The first-order valence-corrected chi connectivity index (χ1v) is 6.25. The highest BCUT2D eigenvalue weighted by Crippen LogP contribution is 2.34. The van der Waals surface area contributed by atoms with Gasteiger partial charge in [-0.3, -0.25) is 4.79 Å². The van der Waals surface area contributed by atoms with E-state index >= 15 is 0 Å². The van der Waals surface area contributed by atoms with Gasteiger partial charge in [-0.15, -0.1) is 0 Å². The minimum absolute atomic E-state index is 0.0505. The van der Waals surface area contributed by atoms with Crippen molar-refractivity contribution in [3.8, 4) is 0 Å². The number of aryl methyl sites for hydroxylation is 2. The van der Waals surface area contributed by atoms with Crippen molar-refractivity contribution in [2.75, 3.05) is 7.11 Å². The Bertz CT molecular complexity index is 455. The fourth-order valence-corrected chi connectivity index (χ4v) is 2.14. The van der Waals surface area contributed by atoms with E-state index in [2.05, 4.69) is 30.7 Å². The van der Waals surface area contributed by atoms with Gasteiger partial charge in [-0.1, -0.05) is 20.8 Å². The van der Waals surface area contributed by atoms with Crippen molar-refractivity contribution in [1.82, 2.24) is 9.97 Å². The molecular formula is C14H22N2O3. The topological polar surface area (TPSA) is 72.3 Å². The molecule has 0 aliphatic rings. The van der Waals surface area contributed by atoms with E-state index in [1.54, 1.807) is 7.11 Å². The van der Waals surface area contributed by atoms with Crippen molar-refractivity contribution in [1.29, 1.82) is 0 Å². The summed E-state index contributed by atoms with van der Waals surface area (Å²) in [6.07, 6.45) is -0.269. The molecule has 0 amide bonds. The molecule has 0 fully saturated rings. The largest absolute Gasteiger partial charge is 0.481 e. The molecule has 0 bridgehead atoms. The fourth-order valence-electron chi connectivity index (χ4n) is 2.14. The van der Waals surface area contributed by atoms with E-state index in [-0.39, 0.29) is 17.9 Å². The monoisotopic (exact) mass is 266 g/mol. The Hall–Kier alpha value is -1.49. The van der Waals surface area contributed by atoms with Crippen molar-refractivity contribution in [3.63, 3.8) is 0 Å². The van der Waals surface area contributed by atoms with Crippen LogP contribution in [0, 0.1) is 19.3 Å². The number of nitrogens with zero attached hydrogens (tertiary/aromatic N) is 2. The third-order valence-corrected chi connectivity index (χ3v) is 3.02. The lowest BCUT2D eigenvalue weighted by Gasteiger charge is -2.28. The van der Waals surface area contributed by atoms with Gasteiger partial charge in [-0.25, -0.2) is 9.97 Å². The highest BCUT2D eigenvalue weighted by Gasteiger charge is 2.29. The number of aromatic nitrogens is 2. The summed E-state index contributed by atoms with van der Waals surface area (Å²) in [6.45, 7) is 9.79. The molecule has 5 heteroatoms. The second-order valence-electron chi connectivity index (χ2n) is 5.78. The Labute approximate surface area is 114 Å². The lowest BCUT2D eigenvalue weighted by atomic mass is 9.88. The van der Waals surface area contributed by atoms with Crippen LogP contribution < -0.4 is 0 Å². The number of carbonyl (C=O) groups is 1. The van der Waals surface area contributed by atoms with Gasteiger partial charge in [-0.05, 0) is 19.3 Å². The molecule has 0 spiro atoms. The smallest absolute Gasteiger partial charge is 0.307 e. The zero-order valence-electron chi connectivity index (χ0n) is 12.4. The van der Waals surface area contributed by atoms with Gasteiger partial charge < -0.3 is 9.84 Å². The van der Waals surface area contributed by atoms with Crippen LogP contribution in [0.15, 0.2) is 0 Å². The average Bonchev–Trinajstić information content (AvgIpc) is 2.22. The van der Waals surface area contributed by atoms with Crippen LogP contribution in [0.25, 0.3) is 0 Å². The third kappa shape index (κ3) is 3.73. The van der Waals surface area contributed by atoms with Crippen molar-refractivity contribution >= 4 is 5.97 Å². The van der Waals surface area contributed by atoms with Crippen molar-refractivity contribution in [3.05, 3.63) is 22.8 Å². The summed E-state index contributed by atoms with van der Waals surface area (Å²) in [5.41, 5.74) is 1.97. The van der Waals surface area contributed by atoms with Crippen LogP contribution in [0.2, 0.25) is 0 Å². The molecule has 1 heterocycles. The van der Waals surface area contributed by atoms with E-state index in [0.717, 1.165) is 0 Å². The summed E-state index contributed by atoms with van der Waals surface area (Å²) in [7, 11) is 1.63. The normalized spacial score (nSPS) is 13.4. The molecule has 0 aliphatic carbocycles. The highest BCUT2D eigenvalue weighted by molar-refractivity contribution is 5.70. The quantitative estimate of drug-likeness (QED) is 0.906. The zero-order chi connectivity index (χ0) is 14.8. The molecular weight excluding hydrogens is 244 g/mol. The van der Waals surface area contributed by atoms with Crippen LogP contribution in [-0.2, 0) is 16.0 Å².